The number of hydrogen-bond acceptors (Lipinski definition) is 4. The minimum atomic E-state index is 0.150. The molecule has 0 radical (unpaired) electrons. The first-order valence-corrected chi connectivity index (χ1v) is 6.89. The minimum Gasteiger partial charge on any atom is -0.376 e. The lowest BCUT2D eigenvalue weighted by Crippen LogP contribution is -2.32. The summed E-state index contributed by atoms with van der Waals surface area (Å²) in [5, 5.41) is 3.53. The molecule has 2 heterocycles. The van der Waals surface area contributed by atoms with Gasteiger partial charge in [0.05, 0.1) is 32.5 Å². The molecule has 18 heavy (non-hydrogen) atoms. The molecular weight excluding hydrogens is 230 g/mol. The Bertz CT molecular complexity index is 368. The van der Waals surface area contributed by atoms with E-state index in [2.05, 4.69) is 14.9 Å². The van der Waals surface area contributed by atoms with Crippen molar-refractivity contribution in [1.29, 1.82) is 0 Å². The van der Waals surface area contributed by atoms with E-state index in [9.17, 15) is 0 Å². The Morgan fingerprint density at radius 2 is 2.22 bits per heavy atom. The third kappa shape index (κ3) is 2.84. The third-order valence-corrected chi connectivity index (χ3v) is 3.69. The van der Waals surface area contributed by atoms with Crippen molar-refractivity contribution in [2.45, 2.75) is 44.4 Å². The van der Waals surface area contributed by atoms with Crippen molar-refractivity contribution in [2.24, 2.45) is 0 Å². The minimum absolute atomic E-state index is 0.150. The second kappa shape index (κ2) is 5.71. The van der Waals surface area contributed by atoms with Crippen molar-refractivity contribution in [3.05, 3.63) is 12.4 Å². The molecule has 1 aromatic heterocycles. The molecule has 2 aliphatic rings. The Hall–Kier alpha value is -1.07. The Morgan fingerprint density at radius 1 is 1.33 bits per heavy atom. The molecule has 5 heteroatoms. The molecule has 2 fully saturated rings. The van der Waals surface area contributed by atoms with Gasteiger partial charge in [0.25, 0.3) is 0 Å². The molecular formula is C13H21N3O2. The summed E-state index contributed by atoms with van der Waals surface area (Å²) in [5.41, 5.74) is 0. The molecule has 1 N–H and O–H groups in total. The molecule has 1 saturated heterocycles. The molecule has 100 valence electrons. The van der Waals surface area contributed by atoms with Gasteiger partial charge in [0.1, 0.15) is 0 Å². The molecule has 0 spiro atoms. The van der Waals surface area contributed by atoms with Crippen LogP contribution in [0.2, 0.25) is 0 Å². The van der Waals surface area contributed by atoms with Gasteiger partial charge in [-0.25, -0.2) is 4.98 Å². The van der Waals surface area contributed by atoms with Crippen molar-refractivity contribution in [3.8, 4) is 0 Å². The quantitative estimate of drug-likeness (QED) is 0.884. The van der Waals surface area contributed by atoms with Crippen LogP contribution in [0.4, 0.5) is 5.95 Å². The lowest BCUT2D eigenvalue weighted by molar-refractivity contribution is -0.0934. The van der Waals surface area contributed by atoms with Crippen LogP contribution >= 0.6 is 0 Å². The largest absolute Gasteiger partial charge is 0.376 e. The van der Waals surface area contributed by atoms with Gasteiger partial charge in [0.2, 0.25) is 5.95 Å². The average Bonchev–Trinajstić information content (AvgIpc) is 3.04. The van der Waals surface area contributed by atoms with Crippen molar-refractivity contribution < 1.29 is 9.47 Å². The summed E-state index contributed by atoms with van der Waals surface area (Å²) in [5.74, 6) is 0.969. The van der Waals surface area contributed by atoms with E-state index in [1.54, 1.807) is 0 Å². The molecule has 1 aliphatic heterocycles. The fourth-order valence-electron chi connectivity index (χ4n) is 2.71. The zero-order valence-corrected chi connectivity index (χ0v) is 10.7. The smallest absolute Gasteiger partial charge is 0.203 e. The maximum absolute atomic E-state index is 5.67. The Balaban J connectivity index is 1.59. The zero-order chi connectivity index (χ0) is 12.2. The van der Waals surface area contributed by atoms with E-state index in [-0.39, 0.29) is 6.10 Å². The highest BCUT2D eigenvalue weighted by molar-refractivity contribution is 5.28. The summed E-state index contributed by atoms with van der Waals surface area (Å²) in [7, 11) is 0. The van der Waals surface area contributed by atoms with Gasteiger partial charge in [-0.05, 0) is 12.8 Å². The van der Waals surface area contributed by atoms with Crippen molar-refractivity contribution >= 4 is 5.95 Å². The molecule has 5 nitrogen and oxygen atoms in total. The van der Waals surface area contributed by atoms with Crippen LogP contribution in [0.3, 0.4) is 0 Å². The second-order valence-corrected chi connectivity index (χ2v) is 5.10. The van der Waals surface area contributed by atoms with Crippen LogP contribution in [0.25, 0.3) is 0 Å². The van der Waals surface area contributed by atoms with E-state index < -0.39 is 0 Å². The van der Waals surface area contributed by atoms with Crippen LogP contribution in [0.15, 0.2) is 12.4 Å². The average molecular weight is 251 g/mol. The molecule has 1 aliphatic carbocycles. The van der Waals surface area contributed by atoms with E-state index in [0.717, 1.165) is 12.5 Å². The van der Waals surface area contributed by atoms with E-state index in [1.807, 2.05) is 12.4 Å². The number of nitrogens with zero attached hydrogens (tertiary/aromatic N) is 2. The molecule has 1 aromatic rings. The van der Waals surface area contributed by atoms with Crippen LogP contribution in [0.5, 0.6) is 0 Å². The molecule has 1 atom stereocenters. The molecule has 3 rings (SSSR count). The topological polar surface area (TPSA) is 48.3 Å². The van der Waals surface area contributed by atoms with E-state index in [1.165, 1.54) is 25.7 Å². The van der Waals surface area contributed by atoms with Gasteiger partial charge in [-0.15, -0.1) is 0 Å². The van der Waals surface area contributed by atoms with Crippen LogP contribution < -0.4 is 5.32 Å². The number of imidazole rings is 1. The second-order valence-electron chi connectivity index (χ2n) is 5.10. The van der Waals surface area contributed by atoms with Crippen molar-refractivity contribution in [2.75, 3.05) is 25.1 Å². The highest BCUT2D eigenvalue weighted by Gasteiger charge is 2.19. The summed E-state index contributed by atoms with van der Waals surface area (Å²) < 4.78 is 13.2. The monoisotopic (exact) mass is 251 g/mol. The maximum atomic E-state index is 5.67. The number of rotatable bonds is 4. The first kappa shape index (κ1) is 12.0. The SMILES string of the molecule is c1cn(CC2COCCO2)c(NC2CCCC2)n1. The van der Waals surface area contributed by atoms with Gasteiger partial charge in [0.15, 0.2) is 0 Å². The molecule has 0 aromatic carbocycles. The number of aromatic nitrogens is 2. The summed E-state index contributed by atoms with van der Waals surface area (Å²) >= 11 is 0. The number of ether oxygens (including phenoxy) is 2. The van der Waals surface area contributed by atoms with Crippen LogP contribution in [0.1, 0.15) is 25.7 Å². The van der Waals surface area contributed by atoms with Gasteiger partial charge >= 0.3 is 0 Å². The number of anilines is 1. The fraction of sp³-hybridized carbons (Fsp3) is 0.769. The van der Waals surface area contributed by atoms with E-state index in [4.69, 9.17) is 9.47 Å². The van der Waals surface area contributed by atoms with E-state index >= 15 is 0 Å². The predicted molar refractivity (Wildman–Crippen MR) is 68.7 cm³/mol. The van der Waals surface area contributed by atoms with Gasteiger partial charge < -0.3 is 19.4 Å². The van der Waals surface area contributed by atoms with Gasteiger partial charge in [-0.1, -0.05) is 12.8 Å². The molecule has 0 bridgehead atoms. The van der Waals surface area contributed by atoms with Crippen molar-refractivity contribution in [3.63, 3.8) is 0 Å². The zero-order valence-electron chi connectivity index (χ0n) is 10.7. The summed E-state index contributed by atoms with van der Waals surface area (Å²) in [6, 6.07) is 0.592. The Morgan fingerprint density at radius 3 is 3.00 bits per heavy atom. The van der Waals surface area contributed by atoms with Gasteiger partial charge in [-0.2, -0.15) is 0 Å². The Labute approximate surface area is 107 Å². The summed E-state index contributed by atoms with van der Waals surface area (Å²) in [6.45, 7) is 2.91. The van der Waals surface area contributed by atoms with Crippen LogP contribution in [0, 0.1) is 0 Å². The van der Waals surface area contributed by atoms with Gasteiger partial charge in [-0.3, -0.25) is 0 Å². The predicted octanol–water partition coefficient (Wildman–Crippen LogP) is 1.65. The molecule has 1 unspecified atom stereocenters. The third-order valence-electron chi connectivity index (χ3n) is 3.69. The fourth-order valence-corrected chi connectivity index (χ4v) is 2.71. The van der Waals surface area contributed by atoms with Crippen LogP contribution in [-0.4, -0.2) is 41.5 Å². The molecule has 0 amide bonds. The lowest BCUT2D eigenvalue weighted by atomic mass is 10.2. The maximum Gasteiger partial charge on any atom is 0.203 e. The Kier molecular flexibility index (Phi) is 3.81. The molecule has 1 saturated carbocycles. The number of nitrogens with one attached hydrogen (secondary N) is 1. The lowest BCUT2D eigenvalue weighted by Gasteiger charge is -2.24. The normalized spacial score (nSPS) is 25.4. The van der Waals surface area contributed by atoms with Crippen molar-refractivity contribution in [1.82, 2.24) is 9.55 Å². The van der Waals surface area contributed by atoms with Crippen LogP contribution in [-0.2, 0) is 16.0 Å². The highest BCUT2D eigenvalue weighted by atomic mass is 16.6. The first-order chi connectivity index (χ1) is 8.92. The summed E-state index contributed by atoms with van der Waals surface area (Å²) in [6.07, 6.45) is 9.19. The summed E-state index contributed by atoms with van der Waals surface area (Å²) in [4.78, 5) is 4.40. The van der Waals surface area contributed by atoms with E-state index in [0.29, 0.717) is 25.9 Å². The first-order valence-electron chi connectivity index (χ1n) is 6.89. The van der Waals surface area contributed by atoms with Gasteiger partial charge in [0, 0.05) is 18.4 Å². The highest BCUT2D eigenvalue weighted by Crippen LogP contribution is 2.21. The number of hydrogen-bond donors (Lipinski definition) is 1. The standard InChI is InChI=1S/C13H21N3O2/c1-2-4-11(3-1)15-13-14-5-6-16(13)9-12-10-17-7-8-18-12/h5-6,11-12H,1-4,7-10H2,(H,14,15).